The molecule has 0 amide bonds. The van der Waals surface area contributed by atoms with Crippen molar-refractivity contribution in [2.75, 3.05) is 0 Å². The van der Waals surface area contributed by atoms with Crippen LogP contribution in [0.1, 0.15) is 52.9 Å². The van der Waals surface area contributed by atoms with E-state index in [0.29, 0.717) is 0 Å². The molecule has 2 rings (SSSR count). The topological polar surface area (TPSA) is 97.5 Å². The van der Waals surface area contributed by atoms with Gasteiger partial charge in [-0.15, -0.1) is 0 Å². The van der Waals surface area contributed by atoms with Gasteiger partial charge in [-0.05, 0) is 12.1 Å². The van der Waals surface area contributed by atoms with Gasteiger partial charge in [0.05, 0.1) is 0 Å². The molecular formula is C14H24Cl2N4O2V-3. The molecule has 2 aromatic heterocycles. The van der Waals surface area contributed by atoms with Crippen molar-refractivity contribution in [2.45, 2.75) is 52.4 Å². The number of halogens is 2. The minimum atomic E-state index is -1.81. The molecule has 0 fully saturated rings. The summed E-state index contributed by atoms with van der Waals surface area (Å²) in [5.41, 5.74) is 2.78. The molecule has 0 aliphatic rings. The molecule has 0 saturated carbocycles. The molecular weight excluding hydrogens is 378 g/mol. The summed E-state index contributed by atoms with van der Waals surface area (Å²) >= 11 is -1.81. The van der Waals surface area contributed by atoms with E-state index < -0.39 is 16.6 Å². The number of nitrogens with one attached hydrogen (secondary N) is 2. The molecule has 23 heavy (non-hydrogen) atoms. The quantitative estimate of drug-likeness (QED) is 0.471. The summed E-state index contributed by atoms with van der Waals surface area (Å²) in [7, 11) is 0. The van der Waals surface area contributed by atoms with Crippen LogP contribution in [0.5, 0.6) is 0 Å². The second-order valence-corrected chi connectivity index (χ2v) is 6.75. The fourth-order valence-corrected chi connectivity index (χ4v) is 1.35. The van der Waals surface area contributed by atoms with Crippen LogP contribution in [0.3, 0.4) is 0 Å². The van der Waals surface area contributed by atoms with Gasteiger partial charge in [-0.25, -0.2) is 0 Å². The van der Waals surface area contributed by atoms with Gasteiger partial charge < -0.3 is 24.8 Å². The summed E-state index contributed by atoms with van der Waals surface area (Å²) in [6.07, 6.45) is 3.56. The molecule has 0 radical (unpaired) electrons. The van der Waals surface area contributed by atoms with Crippen molar-refractivity contribution in [3.8, 4) is 0 Å². The van der Waals surface area contributed by atoms with Gasteiger partial charge in [-0.1, -0.05) is 41.5 Å². The number of rotatable bonds is 0. The van der Waals surface area contributed by atoms with Crippen LogP contribution in [0.15, 0.2) is 24.5 Å². The number of hydrogen-bond acceptors (Lipinski definition) is 4. The van der Waals surface area contributed by atoms with Crippen molar-refractivity contribution in [3.63, 3.8) is 0 Å². The number of aromatic nitrogens is 4. The second kappa shape index (κ2) is 12.7. The van der Waals surface area contributed by atoms with Gasteiger partial charge in [-0.3, -0.25) is 10.2 Å². The van der Waals surface area contributed by atoms with E-state index in [9.17, 15) is 0 Å². The molecule has 0 aliphatic carbocycles. The van der Waals surface area contributed by atoms with E-state index in [0.717, 1.165) is 0 Å². The first-order chi connectivity index (χ1) is 9.62. The SMILES string of the molecule is CC(C)(C)c1ccn[nH]1.CC(C)(C)c1ccn[nH]1.[Cl-].[Cl-].[O]=[V][O-]. The third-order valence-corrected chi connectivity index (χ3v) is 2.62. The number of H-pyrrole nitrogens is 2. The standard InChI is InChI=1S/2C7H12N2.2ClH.2O.V/c2*1-7(2,3)6-4-5-8-9-6;;;;;/h2*4-5H,1-3H3,(H,8,9);2*1H;;;/q;;;;;-1;/p-2. The van der Waals surface area contributed by atoms with E-state index in [-0.39, 0.29) is 35.6 Å². The summed E-state index contributed by atoms with van der Waals surface area (Å²) in [5.74, 6) is 0. The van der Waals surface area contributed by atoms with Gasteiger partial charge >= 0.3 is 24.3 Å². The van der Waals surface area contributed by atoms with Gasteiger partial charge in [-0.2, -0.15) is 10.2 Å². The molecule has 0 bridgehead atoms. The third kappa shape index (κ3) is 12.4. The summed E-state index contributed by atoms with van der Waals surface area (Å²) in [5, 5.41) is 13.6. The van der Waals surface area contributed by atoms with Crippen molar-refractivity contribution in [1.82, 2.24) is 20.4 Å². The molecule has 134 valence electrons. The first kappa shape index (κ1) is 27.2. The Morgan fingerprint density at radius 3 is 1.22 bits per heavy atom. The van der Waals surface area contributed by atoms with E-state index in [4.69, 9.17) is 7.71 Å². The second-order valence-electron chi connectivity index (χ2n) is 6.52. The summed E-state index contributed by atoms with van der Waals surface area (Å²) < 4.78 is 16.9. The molecule has 6 nitrogen and oxygen atoms in total. The van der Waals surface area contributed by atoms with Crippen molar-refractivity contribution < 1.29 is 49.1 Å². The Hall–Kier alpha value is -0.656. The zero-order chi connectivity index (χ0) is 16.5. The van der Waals surface area contributed by atoms with E-state index in [1.165, 1.54) is 11.4 Å². The van der Waals surface area contributed by atoms with Gasteiger partial charge in [0, 0.05) is 34.6 Å². The number of hydrogen-bond donors (Lipinski definition) is 2. The fourth-order valence-electron chi connectivity index (χ4n) is 1.35. The Morgan fingerprint density at radius 1 is 0.870 bits per heavy atom. The molecule has 0 aliphatic heterocycles. The molecule has 9 heteroatoms. The van der Waals surface area contributed by atoms with Crippen LogP contribution in [0, 0.1) is 0 Å². The molecule has 2 heterocycles. The molecule has 0 spiro atoms. The number of aromatic amines is 2. The van der Waals surface area contributed by atoms with Gasteiger partial charge in [0.1, 0.15) is 0 Å². The van der Waals surface area contributed by atoms with Crippen molar-refractivity contribution in [2.24, 2.45) is 0 Å². The van der Waals surface area contributed by atoms with Crippen molar-refractivity contribution in [1.29, 1.82) is 0 Å². The first-order valence-corrected chi connectivity index (χ1v) is 7.71. The fraction of sp³-hybridized carbons (Fsp3) is 0.571. The summed E-state index contributed by atoms with van der Waals surface area (Å²) in [4.78, 5) is 0. The molecule has 2 aromatic rings. The predicted octanol–water partition coefficient (Wildman–Crippen LogP) is -3.89. The minimum absolute atomic E-state index is 0. The zero-order valence-corrected chi connectivity index (χ0v) is 17.1. The van der Waals surface area contributed by atoms with Crippen LogP contribution in [0.2, 0.25) is 0 Å². The van der Waals surface area contributed by atoms with E-state index >= 15 is 0 Å². The normalized spacial score (nSPS) is 9.87. The predicted molar refractivity (Wildman–Crippen MR) is 75.3 cm³/mol. The number of nitrogens with zero attached hydrogens (tertiary/aromatic N) is 2. The summed E-state index contributed by atoms with van der Waals surface area (Å²) in [6.45, 7) is 12.9. The average Bonchev–Trinajstić information content (AvgIpc) is 3.03. The van der Waals surface area contributed by atoms with Gasteiger partial charge in [0.25, 0.3) is 0 Å². The van der Waals surface area contributed by atoms with Crippen LogP contribution in [-0.4, -0.2) is 20.4 Å². The third-order valence-electron chi connectivity index (χ3n) is 2.62. The Bertz CT molecular complexity index is 448. The van der Waals surface area contributed by atoms with Crippen molar-refractivity contribution in [3.05, 3.63) is 35.9 Å². The molecule has 0 saturated heterocycles. The van der Waals surface area contributed by atoms with E-state index in [1.54, 1.807) is 12.4 Å². The Kier molecular flexibility index (Phi) is 15.1. The zero-order valence-electron chi connectivity index (χ0n) is 14.2. The molecule has 0 aromatic carbocycles. The first-order valence-electron chi connectivity index (χ1n) is 6.57. The van der Waals surface area contributed by atoms with Crippen LogP contribution in [0.25, 0.3) is 0 Å². The summed E-state index contributed by atoms with van der Waals surface area (Å²) in [6, 6.07) is 4.00. The van der Waals surface area contributed by atoms with Crippen molar-refractivity contribution >= 4 is 0 Å². The molecule has 0 atom stereocenters. The van der Waals surface area contributed by atoms with Crippen LogP contribution < -0.4 is 28.8 Å². The van der Waals surface area contributed by atoms with E-state index in [1.807, 2.05) is 12.1 Å². The van der Waals surface area contributed by atoms with Crippen LogP contribution in [-0.2, 0) is 31.1 Å². The Morgan fingerprint density at radius 2 is 1.13 bits per heavy atom. The monoisotopic (exact) mass is 401 g/mol. The Balaban J connectivity index is -0.000000277. The average molecular weight is 402 g/mol. The van der Waals surface area contributed by atoms with Crippen LogP contribution in [0.4, 0.5) is 0 Å². The maximum absolute atomic E-state index is 8.47. The van der Waals surface area contributed by atoms with E-state index in [2.05, 4.69) is 61.9 Å². The van der Waals surface area contributed by atoms with Gasteiger partial charge in [0.15, 0.2) is 0 Å². The van der Waals surface area contributed by atoms with Gasteiger partial charge in [0.2, 0.25) is 0 Å². The maximum atomic E-state index is 8.47. The molecule has 0 unspecified atom stereocenters. The molecule has 2 N–H and O–H groups in total. The van der Waals surface area contributed by atoms with Crippen LogP contribution >= 0.6 is 0 Å². The Labute approximate surface area is 157 Å².